The predicted octanol–water partition coefficient (Wildman–Crippen LogP) is 5.30. The maximum absolute atomic E-state index is 15.5. The lowest BCUT2D eigenvalue weighted by Gasteiger charge is -2.44. The van der Waals surface area contributed by atoms with E-state index in [1.807, 2.05) is 88.4 Å². The van der Waals surface area contributed by atoms with Gasteiger partial charge in [-0.1, -0.05) is 142 Å². The number of fused-ring (bicyclic) bond motifs is 1. The van der Waals surface area contributed by atoms with Crippen LogP contribution in [0, 0.1) is 29.6 Å². The van der Waals surface area contributed by atoms with E-state index < -0.39 is 136 Å². The third-order valence-corrected chi connectivity index (χ3v) is 17.3. The Bertz CT molecular complexity index is 2550. The van der Waals surface area contributed by atoms with E-state index in [0.29, 0.717) is 31.2 Å². The van der Waals surface area contributed by atoms with Gasteiger partial charge < -0.3 is 50.3 Å². The molecule has 4 N–H and O–H groups in total. The molecule has 3 aliphatic rings. The van der Waals surface area contributed by atoms with Gasteiger partial charge in [-0.3, -0.25) is 38.4 Å². The number of likely N-dealkylation sites (N-methyl/N-ethyl adjacent to an activating group) is 4. The Hall–Kier alpha value is -6.37. The highest BCUT2D eigenvalue weighted by Crippen LogP contribution is 2.38. The molecule has 0 unspecified atom stereocenters. The van der Waals surface area contributed by atoms with E-state index in [9.17, 15) is 24.3 Å². The van der Waals surface area contributed by atoms with Gasteiger partial charge in [-0.05, 0) is 87.7 Å². The second-order valence-corrected chi connectivity index (χ2v) is 25.3. The number of hydrogen-bond acceptors (Lipinski definition) is 11. The number of nitrogens with one attached hydrogen (secondary N) is 3. The lowest BCUT2D eigenvalue weighted by Crippen LogP contribution is -2.64. The van der Waals surface area contributed by atoms with Crippen LogP contribution in [0.2, 0.25) is 0 Å². The van der Waals surface area contributed by atoms with Crippen LogP contribution in [0.25, 0.3) is 0 Å². The molecule has 454 valence electrons. The van der Waals surface area contributed by atoms with Crippen LogP contribution in [0.5, 0.6) is 0 Å². The van der Waals surface area contributed by atoms with Crippen molar-refractivity contribution < 1.29 is 53.0 Å². The summed E-state index contributed by atoms with van der Waals surface area (Å²) in [7, 11) is 5.77. The van der Waals surface area contributed by atoms with Crippen LogP contribution >= 0.6 is 0 Å². The number of hydrogen-bond donors (Lipinski definition) is 4. The van der Waals surface area contributed by atoms with Gasteiger partial charge in [0.1, 0.15) is 42.3 Å². The van der Waals surface area contributed by atoms with Gasteiger partial charge in [-0.2, -0.15) is 0 Å². The van der Waals surface area contributed by atoms with Crippen LogP contribution in [0.15, 0.2) is 60.7 Å². The maximum Gasteiger partial charge on any atom is 0.332 e. The van der Waals surface area contributed by atoms with E-state index in [2.05, 4.69) is 16.0 Å². The highest BCUT2D eigenvalue weighted by molar-refractivity contribution is 5.99. The molecule has 82 heavy (non-hydrogen) atoms. The highest BCUT2D eigenvalue weighted by Gasteiger charge is 2.53. The van der Waals surface area contributed by atoms with E-state index in [4.69, 9.17) is 4.74 Å². The van der Waals surface area contributed by atoms with Crippen molar-refractivity contribution in [2.75, 3.05) is 34.7 Å². The number of esters is 1. The van der Waals surface area contributed by atoms with E-state index in [0.717, 1.165) is 29.7 Å². The van der Waals surface area contributed by atoms with E-state index in [-0.39, 0.29) is 38.1 Å². The summed E-state index contributed by atoms with van der Waals surface area (Å²) >= 11 is 0. The third kappa shape index (κ3) is 15.8. The first kappa shape index (κ1) is 66.4. The molecule has 5 rings (SSSR count). The lowest BCUT2D eigenvalue weighted by atomic mass is 9.76. The smallest absolute Gasteiger partial charge is 0.332 e. The topological polar surface area (TPSA) is 235 Å². The van der Waals surface area contributed by atoms with Crippen molar-refractivity contribution in [1.82, 2.24) is 40.4 Å². The van der Waals surface area contributed by atoms with Gasteiger partial charge in [-0.25, -0.2) is 4.79 Å². The normalized spacial score (nSPS) is 27.8. The monoisotopic (exact) mass is 1140 g/mol. The average molecular weight is 1140 g/mol. The Balaban J connectivity index is 1.72. The van der Waals surface area contributed by atoms with Gasteiger partial charge in [0.05, 0.1) is 5.60 Å². The molecule has 1 aliphatic carbocycles. The molecule has 0 radical (unpaired) electrons. The second-order valence-electron chi connectivity index (χ2n) is 25.3. The molecule has 10 atom stereocenters. The molecule has 19 heteroatoms. The number of aliphatic hydroxyl groups is 1. The summed E-state index contributed by atoms with van der Waals surface area (Å²) in [5.74, 6) is -8.42. The molecular formula is C63H96N8O11. The Kier molecular flexibility index (Phi) is 23.3. The van der Waals surface area contributed by atoms with Gasteiger partial charge in [0, 0.05) is 53.5 Å². The van der Waals surface area contributed by atoms with Gasteiger partial charge in [0.25, 0.3) is 5.91 Å². The Labute approximate surface area is 487 Å². The number of ether oxygens (including phenoxy) is 1. The number of carbonyl (C=O) groups is 9. The summed E-state index contributed by atoms with van der Waals surface area (Å²) in [6.45, 7) is 18.8. The number of carbonyl (C=O) groups excluding carboxylic acids is 9. The Morgan fingerprint density at radius 1 is 0.610 bits per heavy atom. The van der Waals surface area contributed by atoms with Gasteiger partial charge in [0.15, 0.2) is 11.6 Å². The van der Waals surface area contributed by atoms with Crippen molar-refractivity contribution in [3.8, 4) is 0 Å². The SMILES string of the molecule is CC[C@H](C)[C@@H]1NC(=O)[C@@H]2CCCN2C(=O)[C@H](Cc2ccccc2)N(C)C(=O)[C@H](Cc2ccccc2)NC(=O)[C@H](C(C)C)N(C)C(=O)[C@](C)(C2CCCCC2)OC(=O)[C@H](C(C)(C)O)N(C)C(=O)[C@H](CC(C)C)NC(=O)[C@H](C(C)C)N(C)C1=O. The van der Waals surface area contributed by atoms with Gasteiger partial charge >= 0.3 is 5.97 Å². The van der Waals surface area contributed by atoms with Crippen LogP contribution in [-0.2, 0) is 60.7 Å². The molecule has 0 bridgehead atoms. The largest absolute Gasteiger partial charge is 0.447 e. The van der Waals surface area contributed by atoms with Crippen molar-refractivity contribution in [3.05, 3.63) is 71.8 Å². The van der Waals surface area contributed by atoms with Crippen LogP contribution in [0.3, 0.4) is 0 Å². The molecule has 2 aromatic rings. The first-order valence-corrected chi connectivity index (χ1v) is 29.8. The number of rotatable bonds is 12. The first-order valence-electron chi connectivity index (χ1n) is 29.8. The zero-order valence-electron chi connectivity index (χ0n) is 51.5. The maximum atomic E-state index is 15.5. The quantitative estimate of drug-likeness (QED) is 0.199. The average Bonchev–Trinajstić information content (AvgIpc) is 3.46. The minimum absolute atomic E-state index is 0.00250. The Morgan fingerprint density at radius 3 is 1.63 bits per heavy atom. The molecule has 19 nitrogen and oxygen atoms in total. The molecule has 2 aliphatic heterocycles. The van der Waals surface area contributed by atoms with Crippen molar-refractivity contribution in [3.63, 3.8) is 0 Å². The molecular weight excluding hydrogens is 1040 g/mol. The van der Waals surface area contributed by atoms with E-state index >= 15 is 24.0 Å². The molecule has 1 saturated carbocycles. The molecule has 8 amide bonds. The minimum Gasteiger partial charge on any atom is -0.447 e. The van der Waals surface area contributed by atoms with Crippen molar-refractivity contribution in [1.29, 1.82) is 0 Å². The first-order chi connectivity index (χ1) is 38.5. The van der Waals surface area contributed by atoms with Gasteiger partial charge in [0.2, 0.25) is 41.4 Å². The number of cyclic esters (lactones) is 1. The summed E-state index contributed by atoms with van der Waals surface area (Å²) < 4.78 is 6.47. The van der Waals surface area contributed by atoms with Crippen molar-refractivity contribution >= 4 is 53.2 Å². The lowest BCUT2D eigenvalue weighted by molar-refractivity contribution is -0.192. The number of benzene rings is 2. The minimum atomic E-state index is -1.98. The molecule has 3 fully saturated rings. The van der Waals surface area contributed by atoms with Crippen molar-refractivity contribution in [2.24, 2.45) is 29.6 Å². The zero-order chi connectivity index (χ0) is 61.1. The van der Waals surface area contributed by atoms with E-state index in [1.54, 1.807) is 27.7 Å². The van der Waals surface area contributed by atoms with E-state index in [1.165, 1.54) is 68.6 Å². The molecule has 0 spiro atoms. The van der Waals surface area contributed by atoms with Crippen molar-refractivity contribution in [2.45, 2.75) is 206 Å². The second kappa shape index (κ2) is 28.7. The summed E-state index contributed by atoms with van der Waals surface area (Å²) in [4.78, 5) is 142. The number of nitrogens with zero attached hydrogens (tertiary/aromatic N) is 5. The van der Waals surface area contributed by atoms with Crippen LogP contribution in [-0.4, -0.2) is 177 Å². The standard InChI is InChI=1S/C63H96N8O11/c1-16-41(8)49-59(78)68(13)50(39(4)5)54(73)64-45(35-38(2)3)57(76)70(15)52(62(9,10)81)60(79)82-63(11,44-31-24-19-25-32-44)61(80)69(14)51(40(6)7)55(74)65-46(36-42-27-20-17-21-28-42)56(75)67(12)48(37-43-29-22-18-23-30-43)58(77)71-34-26-33-47(71)53(72)66-49/h17-18,20-23,27-30,38-41,44-52,81H,16,19,24-26,31-37H2,1-15H3,(H,64,73)(H,65,74)(H,66,72)/t41-,45-,46-,47-,48-,49-,50-,51-,52+,63-/m0/s1. The molecule has 2 saturated heterocycles. The molecule has 2 aromatic carbocycles. The van der Waals surface area contributed by atoms with Gasteiger partial charge in [-0.15, -0.1) is 0 Å². The third-order valence-electron chi connectivity index (χ3n) is 17.3. The molecule has 2 heterocycles. The van der Waals surface area contributed by atoms with Crippen LogP contribution < -0.4 is 16.0 Å². The summed E-state index contributed by atoms with van der Waals surface area (Å²) in [5, 5.41) is 20.8. The fraction of sp³-hybridized carbons (Fsp3) is 0.667. The molecule has 0 aromatic heterocycles. The number of amides is 8. The fourth-order valence-corrected chi connectivity index (χ4v) is 12.5. The fourth-order valence-electron chi connectivity index (χ4n) is 12.5. The van der Waals surface area contributed by atoms with Crippen LogP contribution in [0.1, 0.15) is 145 Å². The summed E-state index contributed by atoms with van der Waals surface area (Å²) in [6.07, 6.45) is 4.61. The zero-order valence-corrected chi connectivity index (χ0v) is 51.5. The van der Waals surface area contributed by atoms with Crippen LogP contribution in [0.4, 0.5) is 0 Å². The summed E-state index contributed by atoms with van der Waals surface area (Å²) in [6, 6.07) is 8.19. The Morgan fingerprint density at radius 2 is 1.12 bits per heavy atom. The highest BCUT2D eigenvalue weighted by atomic mass is 16.6. The summed E-state index contributed by atoms with van der Waals surface area (Å²) in [5.41, 5.74) is -2.48. The predicted molar refractivity (Wildman–Crippen MR) is 313 cm³/mol.